The molecule has 0 unspecified atom stereocenters. The van der Waals surface area contributed by atoms with Crippen molar-refractivity contribution < 1.29 is 14.0 Å². The molecule has 1 fully saturated rings. The SMILES string of the molecule is CONc1ccc(F)c(Cn2c(C(=O)NSC3CC3)c(-c3ccc[nH]c3=O)c3cc(Cl)ccc32)c1. The zero-order chi connectivity index (χ0) is 24.5. The molecule has 0 radical (unpaired) electrons. The number of amides is 1. The summed E-state index contributed by atoms with van der Waals surface area (Å²) in [6.45, 7) is 0.0464. The van der Waals surface area contributed by atoms with Crippen molar-refractivity contribution in [2.45, 2.75) is 24.6 Å². The summed E-state index contributed by atoms with van der Waals surface area (Å²) < 4.78 is 19.5. The standard InChI is InChI=1S/C25H22ClFN4O3S/c1-34-29-16-5-8-20(27)14(11-16)13-31-21-9-4-15(26)12-19(21)22(18-3-2-10-28-24(18)32)23(31)25(33)30-35-17-6-7-17/h2-5,8-12,17,29H,6-7,13H2,1H3,(H,28,32)(H,30,33). The first-order valence-corrected chi connectivity index (χ1v) is 12.2. The van der Waals surface area contributed by atoms with Crippen LogP contribution in [0.25, 0.3) is 22.0 Å². The van der Waals surface area contributed by atoms with Gasteiger partial charge in [0.2, 0.25) is 0 Å². The van der Waals surface area contributed by atoms with Crippen molar-refractivity contribution in [1.82, 2.24) is 14.3 Å². The first-order valence-electron chi connectivity index (χ1n) is 11.0. The summed E-state index contributed by atoms with van der Waals surface area (Å²) in [5.74, 6) is -0.792. The summed E-state index contributed by atoms with van der Waals surface area (Å²) in [5.41, 5.74) is 4.96. The lowest BCUT2D eigenvalue weighted by molar-refractivity contribution is 0.0977. The van der Waals surface area contributed by atoms with Gasteiger partial charge in [-0.2, -0.15) is 0 Å². The molecule has 35 heavy (non-hydrogen) atoms. The van der Waals surface area contributed by atoms with Crippen LogP contribution in [0, 0.1) is 5.82 Å². The molecule has 0 spiro atoms. The Hall–Kier alpha value is -3.27. The van der Waals surface area contributed by atoms with Crippen molar-refractivity contribution in [1.29, 1.82) is 0 Å². The van der Waals surface area contributed by atoms with Crippen LogP contribution in [0.1, 0.15) is 28.9 Å². The summed E-state index contributed by atoms with van der Waals surface area (Å²) >= 11 is 7.70. The maximum atomic E-state index is 14.9. The second kappa shape index (κ2) is 9.77. The Labute approximate surface area is 209 Å². The molecule has 4 aromatic rings. The molecule has 2 heterocycles. The second-order valence-electron chi connectivity index (χ2n) is 8.24. The monoisotopic (exact) mass is 512 g/mol. The maximum absolute atomic E-state index is 14.9. The minimum Gasteiger partial charge on any atom is -0.331 e. The Morgan fingerprint density at radius 1 is 1.26 bits per heavy atom. The highest BCUT2D eigenvalue weighted by atomic mass is 35.5. The maximum Gasteiger partial charge on any atom is 0.278 e. The average Bonchev–Trinajstić information content (AvgIpc) is 3.62. The van der Waals surface area contributed by atoms with Gasteiger partial charge >= 0.3 is 0 Å². The lowest BCUT2D eigenvalue weighted by Crippen LogP contribution is -2.23. The molecule has 5 rings (SSSR count). The summed E-state index contributed by atoms with van der Waals surface area (Å²) in [6.07, 6.45) is 3.61. The van der Waals surface area contributed by atoms with E-state index in [0.717, 1.165) is 12.8 Å². The highest BCUT2D eigenvalue weighted by molar-refractivity contribution is 7.98. The predicted octanol–water partition coefficient (Wildman–Crippen LogP) is 5.35. The largest absolute Gasteiger partial charge is 0.331 e. The summed E-state index contributed by atoms with van der Waals surface area (Å²) in [5, 5.41) is 1.46. The quantitative estimate of drug-likeness (QED) is 0.219. The van der Waals surface area contributed by atoms with Gasteiger partial charge in [0.1, 0.15) is 11.5 Å². The van der Waals surface area contributed by atoms with Crippen molar-refractivity contribution in [3.8, 4) is 11.1 Å². The number of hydrogen-bond donors (Lipinski definition) is 3. The van der Waals surface area contributed by atoms with Gasteiger partial charge in [0.15, 0.2) is 0 Å². The van der Waals surface area contributed by atoms with Gasteiger partial charge < -0.3 is 9.55 Å². The van der Waals surface area contributed by atoms with Gasteiger partial charge in [0.25, 0.3) is 11.5 Å². The Bertz CT molecular complexity index is 1480. The molecule has 10 heteroatoms. The fraction of sp³-hybridized carbons (Fsp3) is 0.200. The summed E-state index contributed by atoms with van der Waals surface area (Å²) in [4.78, 5) is 34.0. The molecule has 0 aliphatic heterocycles. The van der Waals surface area contributed by atoms with E-state index in [-0.39, 0.29) is 23.7 Å². The number of halogens is 2. The number of fused-ring (bicyclic) bond motifs is 1. The van der Waals surface area contributed by atoms with Crippen molar-refractivity contribution in [3.05, 3.63) is 87.2 Å². The van der Waals surface area contributed by atoms with Crippen molar-refractivity contribution >= 4 is 46.0 Å². The van der Waals surface area contributed by atoms with E-state index in [9.17, 15) is 14.0 Å². The molecule has 1 saturated carbocycles. The van der Waals surface area contributed by atoms with E-state index in [1.165, 1.54) is 31.3 Å². The predicted molar refractivity (Wildman–Crippen MR) is 137 cm³/mol. The fourth-order valence-electron chi connectivity index (χ4n) is 4.04. The van der Waals surface area contributed by atoms with Gasteiger partial charge in [-0.15, -0.1) is 0 Å². The van der Waals surface area contributed by atoms with Crippen LogP contribution in [-0.2, 0) is 11.4 Å². The van der Waals surface area contributed by atoms with Crippen molar-refractivity contribution in [2.75, 3.05) is 12.6 Å². The van der Waals surface area contributed by atoms with Crippen LogP contribution >= 0.6 is 23.5 Å². The van der Waals surface area contributed by atoms with Crippen LogP contribution in [0.5, 0.6) is 0 Å². The van der Waals surface area contributed by atoms with Gasteiger partial charge in [-0.1, -0.05) is 11.6 Å². The molecule has 3 N–H and O–H groups in total. The number of nitrogens with one attached hydrogen (secondary N) is 3. The molecule has 180 valence electrons. The van der Waals surface area contributed by atoms with Crippen LogP contribution in [0.15, 0.2) is 59.5 Å². The number of carbonyl (C=O) groups excluding carboxylic acids is 1. The average molecular weight is 513 g/mol. The highest BCUT2D eigenvalue weighted by Gasteiger charge is 2.29. The summed E-state index contributed by atoms with van der Waals surface area (Å²) in [6, 6.07) is 13.1. The molecule has 1 aliphatic carbocycles. The Kier molecular flexibility index (Phi) is 6.55. The van der Waals surface area contributed by atoms with Gasteiger partial charge in [-0.05, 0) is 73.3 Å². The third-order valence-corrected chi connectivity index (χ3v) is 7.11. The normalized spacial score (nSPS) is 13.2. The third kappa shape index (κ3) is 4.80. The molecule has 0 atom stereocenters. The molecular formula is C25H22ClFN4O3S. The Morgan fingerprint density at radius 3 is 2.83 bits per heavy atom. The van der Waals surface area contributed by atoms with Gasteiger partial charge in [0.05, 0.1) is 19.3 Å². The third-order valence-electron chi connectivity index (χ3n) is 5.76. The second-order valence-corrected chi connectivity index (χ2v) is 9.79. The van der Waals surface area contributed by atoms with E-state index in [4.69, 9.17) is 16.4 Å². The fourth-order valence-corrected chi connectivity index (χ4v) is 4.95. The van der Waals surface area contributed by atoms with Crippen LogP contribution in [-0.4, -0.2) is 27.8 Å². The molecule has 0 saturated heterocycles. The number of anilines is 1. The van der Waals surface area contributed by atoms with E-state index < -0.39 is 5.82 Å². The number of benzene rings is 2. The van der Waals surface area contributed by atoms with E-state index in [1.807, 2.05) is 0 Å². The van der Waals surface area contributed by atoms with Crippen molar-refractivity contribution in [2.24, 2.45) is 0 Å². The first kappa shape index (κ1) is 23.5. The van der Waals surface area contributed by atoms with Crippen LogP contribution in [0.2, 0.25) is 5.02 Å². The van der Waals surface area contributed by atoms with Gasteiger partial charge in [-0.25, -0.2) is 4.39 Å². The number of nitrogens with zero attached hydrogens (tertiary/aromatic N) is 1. The molecule has 2 aromatic heterocycles. The summed E-state index contributed by atoms with van der Waals surface area (Å²) in [7, 11) is 1.47. The van der Waals surface area contributed by atoms with Gasteiger partial charge in [-0.3, -0.25) is 24.6 Å². The number of aromatic nitrogens is 2. The topological polar surface area (TPSA) is 88.2 Å². The zero-order valence-corrected chi connectivity index (χ0v) is 20.3. The number of carbonyl (C=O) groups is 1. The number of hydrogen-bond acceptors (Lipinski definition) is 5. The van der Waals surface area contributed by atoms with Crippen LogP contribution < -0.4 is 15.8 Å². The molecule has 7 nitrogen and oxygen atoms in total. The molecule has 1 aliphatic rings. The lowest BCUT2D eigenvalue weighted by atomic mass is 10.0. The molecule has 1 amide bonds. The van der Waals surface area contributed by atoms with Gasteiger partial charge in [0, 0.05) is 44.1 Å². The Balaban J connectivity index is 1.74. The Morgan fingerprint density at radius 2 is 2.09 bits per heavy atom. The molecule has 0 bridgehead atoms. The van der Waals surface area contributed by atoms with Crippen molar-refractivity contribution in [3.63, 3.8) is 0 Å². The zero-order valence-electron chi connectivity index (χ0n) is 18.7. The highest BCUT2D eigenvalue weighted by Crippen LogP contribution is 2.37. The van der Waals surface area contributed by atoms with E-state index >= 15 is 0 Å². The number of rotatable bonds is 8. The first-order chi connectivity index (χ1) is 17.0. The van der Waals surface area contributed by atoms with Crippen LogP contribution in [0.4, 0.5) is 10.1 Å². The minimum absolute atomic E-state index is 0.0464. The molecular weight excluding hydrogens is 491 g/mol. The molecule has 2 aromatic carbocycles. The minimum atomic E-state index is -0.430. The van der Waals surface area contributed by atoms with E-state index in [1.54, 1.807) is 47.0 Å². The number of aromatic amines is 1. The van der Waals surface area contributed by atoms with E-state index in [2.05, 4.69) is 15.2 Å². The number of H-pyrrole nitrogens is 1. The number of pyridine rings is 1. The smallest absolute Gasteiger partial charge is 0.278 e. The van der Waals surface area contributed by atoms with Crippen LogP contribution in [0.3, 0.4) is 0 Å². The lowest BCUT2D eigenvalue weighted by Gasteiger charge is -2.14. The van der Waals surface area contributed by atoms with E-state index in [0.29, 0.717) is 43.6 Å².